The number of fused-ring (bicyclic) bond motifs is 1. The van der Waals surface area contributed by atoms with Gasteiger partial charge >= 0.3 is 5.69 Å². The minimum absolute atomic E-state index is 0.0672. The van der Waals surface area contributed by atoms with Crippen molar-refractivity contribution in [1.82, 2.24) is 24.2 Å². The Kier molecular flexibility index (Phi) is 8.35. The number of non-ortho nitro benzene ring substituents is 1. The van der Waals surface area contributed by atoms with Gasteiger partial charge in [-0.1, -0.05) is 6.07 Å². The van der Waals surface area contributed by atoms with E-state index in [1.807, 2.05) is 0 Å². The molecule has 0 spiro atoms. The van der Waals surface area contributed by atoms with Crippen LogP contribution < -0.4 is 15.6 Å². The van der Waals surface area contributed by atoms with E-state index in [-0.39, 0.29) is 34.1 Å². The van der Waals surface area contributed by atoms with Crippen LogP contribution in [0.15, 0.2) is 64.2 Å². The zero-order valence-corrected chi connectivity index (χ0v) is 25.9. The second-order valence-corrected chi connectivity index (χ2v) is 13.3. The van der Waals surface area contributed by atoms with Gasteiger partial charge in [0.15, 0.2) is 11.6 Å². The molecule has 0 bridgehead atoms. The Hall–Kier alpha value is -4.87. The minimum Gasteiger partial charge on any atom is -0.305 e. The number of hydrogen-bond donors (Lipinski definition) is 0. The van der Waals surface area contributed by atoms with E-state index in [9.17, 15) is 36.9 Å². The molecule has 0 aliphatic carbocycles. The molecule has 5 aromatic rings. The summed E-state index contributed by atoms with van der Waals surface area (Å²) in [6, 6.07) is 11.4. The zero-order chi connectivity index (χ0) is 32.8. The zero-order valence-electron chi connectivity index (χ0n) is 24.3. The van der Waals surface area contributed by atoms with Crippen LogP contribution in [0.1, 0.15) is 11.1 Å². The maximum absolute atomic E-state index is 14.9. The average molecular weight is 658 g/mol. The Morgan fingerprint density at radius 2 is 1.60 bits per heavy atom. The quantitative estimate of drug-likeness (QED) is 0.172. The lowest BCUT2D eigenvalue weighted by atomic mass is 10.1. The van der Waals surface area contributed by atoms with Gasteiger partial charge in [0.05, 0.1) is 23.1 Å². The third-order valence-electron chi connectivity index (χ3n) is 6.95. The third kappa shape index (κ3) is 5.96. The standard InChI is InChI=1S/C28H25F2N7O6S2/c1-33(2)14-19-24-26(38)36(23-13-12-22(31-32-23)34(3)45(4,42)43)28(39)35(15-18-20(29)6-5-7-21(18)30)27(24)44-25(19)16-8-10-17(11-9-16)37(40)41/h5-13H,14-15H2,1-4H3. The maximum Gasteiger partial charge on any atom is 0.338 e. The number of aromatic nitrogens is 4. The fraction of sp³-hybridized carbons (Fsp3) is 0.214. The third-order valence-corrected chi connectivity index (χ3v) is 9.44. The van der Waals surface area contributed by atoms with Gasteiger partial charge in [0.2, 0.25) is 10.0 Å². The van der Waals surface area contributed by atoms with Crippen LogP contribution in [0, 0.1) is 21.7 Å². The summed E-state index contributed by atoms with van der Waals surface area (Å²) in [6.07, 6.45) is 0.965. The van der Waals surface area contributed by atoms with Crippen LogP contribution in [0.2, 0.25) is 0 Å². The summed E-state index contributed by atoms with van der Waals surface area (Å²) in [4.78, 5) is 41.3. The van der Waals surface area contributed by atoms with Crippen molar-refractivity contribution in [2.45, 2.75) is 13.1 Å². The first-order chi connectivity index (χ1) is 21.2. The molecule has 0 saturated heterocycles. The topological polar surface area (TPSA) is 154 Å². The molecule has 45 heavy (non-hydrogen) atoms. The van der Waals surface area contributed by atoms with Crippen molar-refractivity contribution in [1.29, 1.82) is 0 Å². The number of nitrogens with zero attached hydrogens (tertiary/aromatic N) is 7. The number of thiophene rings is 1. The summed E-state index contributed by atoms with van der Waals surface area (Å²) in [5, 5.41) is 19.2. The van der Waals surface area contributed by atoms with Crippen LogP contribution in [0.4, 0.5) is 20.3 Å². The summed E-state index contributed by atoms with van der Waals surface area (Å²) in [5.41, 5.74) is -1.33. The fourth-order valence-corrected chi connectivity index (χ4v) is 6.40. The lowest BCUT2D eigenvalue weighted by Gasteiger charge is -2.16. The van der Waals surface area contributed by atoms with Crippen molar-refractivity contribution in [2.24, 2.45) is 0 Å². The predicted molar refractivity (Wildman–Crippen MR) is 165 cm³/mol. The molecule has 5 rings (SSSR count). The molecule has 0 saturated carbocycles. The van der Waals surface area contributed by atoms with Crippen LogP contribution in [-0.2, 0) is 23.1 Å². The van der Waals surface area contributed by atoms with E-state index in [1.54, 1.807) is 19.0 Å². The highest BCUT2D eigenvalue weighted by Crippen LogP contribution is 2.38. The first-order valence-electron chi connectivity index (χ1n) is 13.1. The lowest BCUT2D eigenvalue weighted by molar-refractivity contribution is -0.384. The molecule has 234 valence electrons. The van der Waals surface area contributed by atoms with Gasteiger partial charge in [-0.25, -0.2) is 26.6 Å². The molecule has 2 aromatic carbocycles. The highest BCUT2D eigenvalue weighted by molar-refractivity contribution is 7.92. The SMILES string of the molecule is CN(C)Cc1c(-c2ccc([N+](=O)[O-])cc2)sc2c1c(=O)n(-c1ccc(N(C)S(C)(=O)=O)nn1)c(=O)n2Cc1c(F)cccc1F. The van der Waals surface area contributed by atoms with Crippen molar-refractivity contribution in [3.63, 3.8) is 0 Å². The van der Waals surface area contributed by atoms with E-state index in [4.69, 9.17) is 0 Å². The molecule has 0 aliphatic rings. The number of nitro groups is 1. The first-order valence-corrected chi connectivity index (χ1v) is 15.8. The van der Waals surface area contributed by atoms with Gasteiger partial charge in [-0.3, -0.25) is 23.8 Å². The lowest BCUT2D eigenvalue weighted by Crippen LogP contribution is -2.40. The van der Waals surface area contributed by atoms with Crippen LogP contribution in [-0.4, -0.2) is 65.0 Å². The number of nitro benzene ring substituents is 1. The smallest absolute Gasteiger partial charge is 0.305 e. The molecule has 0 atom stereocenters. The summed E-state index contributed by atoms with van der Waals surface area (Å²) in [6.45, 7) is -0.393. The second-order valence-electron chi connectivity index (χ2n) is 10.3. The molecular formula is C28H25F2N7O6S2. The van der Waals surface area contributed by atoms with Crippen molar-refractivity contribution in [2.75, 3.05) is 31.7 Å². The van der Waals surface area contributed by atoms with Crippen LogP contribution in [0.25, 0.3) is 26.5 Å². The molecule has 13 nitrogen and oxygen atoms in total. The number of anilines is 1. The molecule has 3 heterocycles. The molecular weight excluding hydrogens is 632 g/mol. The number of halogens is 2. The number of rotatable bonds is 9. The normalized spacial score (nSPS) is 11.8. The molecule has 0 unspecified atom stereocenters. The number of benzene rings is 2. The maximum atomic E-state index is 14.9. The van der Waals surface area contributed by atoms with Gasteiger partial charge in [-0.15, -0.1) is 21.5 Å². The Balaban J connectivity index is 1.84. The van der Waals surface area contributed by atoms with E-state index < -0.39 is 49.9 Å². The van der Waals surface area contributed by atoms with E-state index in [1.165, 1.54) is 49.5 Å². The minimum atomic E-state index is -3.69. The Labute approximate surface area is 258 Å². The van der Waals surface area contributed by atoms with Gasteiger partial charge in [-0.2, -0.15) is 0 Å². The Morgan fingerprint density at radius 1 is 0.956 bits per heavy atom. The van der Waals surface area contributed by atoms with E-state index in [0.29, 0.717) is 20.6 Å². The van der Waals surface area contributed by atoms with E-state index in [0.717, 1.165) is 38.6 Å². The summed E-state index contributed by atoms with van der Waals surface area (Å²) < 4.78 is 56.3. The summed E-state index contributed by atoms with van der Waals surface area (Å²) >= 11 is 1.03. The molecule has 0 aliphatic heterocycles. The van der Waals surface area contributed by atoms with Crippen LogP contribution in [0.5, 0.6) is 0 Å². The first kappa shape index (κ1) is 31.6. The highest BCUT2D eigenvalue weighted by Gasteiger charge is 2.26. The summed E-state index contributed by atoms with van der Waals surface area (Å²) in [5.74, 6) is -2.13. The van der Waals surface area contributed by atoms with E-state index in [2.05, 4.69) is 10.2 Å². The largest absolute Gasteiger partial charge is 0.338 e. The molecule has 3 aromatic heterocycles. The number of hydrogen-bond acceptors (Lipinski definition) is 10. The molecule has 0 amide bonds. The molecule has 0 radical (unpaired) electrons. The van der Waals surface area contributed by atoms with Gasteiger partial charge in [0.25, 0.3) is 11.2 Å². The predicted octanol–water partition coefficient (Wildman–Crippen LogP) is 3.36. The van der Waals surface area contributed by atoms with Gasteiger partial charge < -0.3 is 4.90 Å². The van der Waals surface area contributed by atoms with Gasteiger partial charge in [0.1, 0.15) is 16.5 Å². The molecule has 0 N–H and O–H groups in total. The van der Waals surface area contributed by atoms with E-state index >= 15 is 0 Å². The Morgan fingerprint density at radius 3 is 2.13 bits per heavy atom. The second kappa shape index (κ2) is 11.9. The van der Waals surface area contributed by atoms with Crippen molar-refractivity contribution in [3.8, 4) is 16.3 Å². The summed E-state index contributed by atoms with van der Waals surface area (Å²) in [7, 11) is 1.08. The van der Waals surface area contributed by atoms with Gasteiger partial charge in [-0.05, 0) is 61.6 Å². The van der Waals surface area contributed by atoms with Crippen molar-refractivity contribution >= 4 is 43.1 Å². The van der Waals surface area contributed by atoms with Crippen LogP contribution >= 0.6 is 11.3 Å². The fourth-order valence-electron chi connectivity index (χ4n) is 4.66. The molecule has 17 heteroatoms. The molecule has 0 fully saturated rings. The van der Waals surface area contributed by atoms with Gasteiger partial charge in [0, 0.05) is 36.2 Å². The highest BCUT2D eigenvalue weighted by atomic mass is 32.2. The Bertz CT molecular complexity index is 2160. The average Bonchev–Trinajstić information content (AvgIpc) is 3.34. The van der Waals surface area contributed by atoms with Crippen molar-refractivity contribution < 1.29 is 22.1 Å². The van der Waals surface area contributed by atoms with Crippen LogP contribution in [0.3, 0.4) is 0 Å². The number of sulfonamides is 1. The monoisotopic (exact) mass is 657 g/mol. The van der Waals surface area contributed by atoms with Crippen molar-refractivity contribution in [3.05, 3.63) is 108 Å².